The highest BCUT2D eigenvalue weighted by Crippen LogP contribution is 2.17. The molecule has 0 aliphatic heterocycles. The number of benzene rings is 2. The van der Waals surface area contributed by atoms with Crippen molar-refractivity contribution in [2.24, 2.45) is 0 Å². The van der Waals surface area contributed by atoms with Crippen molar-refractivity contribution < 1.29 is 27.5 Å². The summed E-state index contributed by atoms with van der Waals surface area (Å²) in [6.07, 6.45) is 0. The Morgan fingerprint density at radius 2 is 1.70 bits per heavy atom. The minimum absolute atomic E-state index is 0.00131. The fourth-order valence-corrected chi connectivity index (χ4v) is 1.99. The zero-order valence-electron chi connectivity index (χ0n) is 11.4. The molecule has 0 fully saturated rings. The fraction of sp³-hybridized carbons (Fsp3) is 0.0667. The van der Waals surface area contributed by atoms with E-state index in [1.54, 1.807) is 0 Å². The molecule has 0 spiro atoms. The average Bonchev–Trinajstić information content (AvgIpc) is 2.51. The first-order chi connectivity index (χ1) is 10.9. The minimum atomic E-state index is -1.13. The van der Waals surface area contributed by atoms with Gasteiger partial charge in [-0.2, -0.15) is 0 Å². The van der Waals surface area contributed by atoms with Crippen LogP contribution in [0.3, 0.4) is 0 Å². The molecule has 0 saturated heterocycles. The third-order valence-electron chi connectivity index (χ3n) is 2.69. The molecule has 0 heterocycles. The number of carbonyl (C=O) groups is 2. The highest BCUT2D eigenvalue weighted by atomic mass is 79.9. The van der Waals surface area contributed by atoms with Gasteiger partial charge in [-0.15, -0.1) is 0 Å². The maximum Gasteiger partial charge on any atom is 0.341 e. The van der Waals surface area contributed by atoms with E-state index in [4.69, 9.17) is 0 Å². The Hall–Kier alpha value is -2.35. The third kappa shape index (κ3) is 4.56. The van der Waals surface area contributed by atoms with E-state index >= 15 is 0 Å². The molecule has 0 saturated carbocycles. The van der Waals surface area contributed by atoms with E-state index in [0.29, 0.717) is 4.47 Å². The zero-order valence-corrected chi connectivity index (χ0v) is 13.0. The van der Waals surface area contributed by atoms with E-state index in [0.717, 1.165) is 24.3 Å². The van der Waals surface area contributed by atoms with Gasteiger partial charge in [0.15, 0.2) is 18.2 Å². The predicted octanol–water partition coefficient (Wildman–Crippen LogP) is 3.66. The smallest absolute Gasteiger partial charge is 0.341 e. The summed E-state index contributed by atoms with van der Waals surface area (Å²) in [4.78, 5) is 23.3. The molecule has 120 valence electrons. The summed E-state index contributed by atoms with van der Waals surface area (Å²) in [5.41, 5.74) is -0.335. The van der Waals surface area contributed by atoms with Crippen molar-refractivity contribution in [3.8, 4) is 0 Å². The van der Waals surface area contributed by atoms with Crippen LogP contribution in [0, 0.1) is 17.5 Å². The summed E-state index contributed by atoms with van der Waals surface area (Å²) in [5.74, 6) is -4.78. The van der Waals surface area contributed by atoms with Crippen LogP contribution < -0.4 is 5.32 Å². The second kappa shape index (κ2) is 7.28. The number of hydrogen-bond acceptors (Lipinski definition) is 3. The number of anilines is 1. The Bertz CT molecular complexity index is 768. The Morgan fingerprint density at radius 3 is 2.39 bits per heavy atom. The fourth-order valence-electron chi connectivity index (χ4n) is 1.63. The van der Waals surface area contributed by atoms with Crippen molar-refractivity contribution in [3.05, 3.63) is 63.9 Å². The zero-order chi connectivity index (χ0) is 17.0. The molecular weight excluding hydrogens is 379 g/mol. The van der Waals surface area contributed by atoms with Gasteiger partial charge in [0.1, 0.15) is 5.82 Å². The third-order valence-corrected chi connectivity index (χ3v) is 3.18. The monoisotopic (exact) mass is 387 g/mol. The van der Waals surface area contributed by atoms with Crippen molar-refractivity contribution in [2.75, 3.05) is 11.9 Å². The molecule has 0 bridgehead atoms. The molecule has 2 aromatic carbocycles. The lowest BCUT2D eigenvalue weighted by molar-refractivity contribution is -0.119. The number of esters is 1. The molecule has 0 aromatic heterocycles. The lowest BCUT2D eigenvalue weighted by Gasteiger charge is -2.07. The van der Waals surface area contributed by atoms with Gasteiger partial charge >= 0.3 is 5.97 Å². The first-order valence-electron chi connectivity index (χ1n) is 6.24. The molecule has 23 heavy (non-hydrogen) atoms. The standard InChI is InChI=1S/C15H9BrF3NO3/c16-8-1-3-11(17)10(5-8)15(22)23-7-14(21)20-9-2-4-12(18)13(19)6-9/h1-6H,7H2,(H,20,21). The molecule has 0 atom stereocenters. The van der Waals surface area contributed by atoms with E-state index in [-0.39, 0.29) is 11.3 Å². The molecular formula is C15H9BrF3NO3. The summed E-state index contributed by atoms with van der Waals surface area (Å²) in [6.45, 7) is -0.705. The van der Waals surface area contributed by atoms with Crippen LogP contribution in [0.5, 0.6) is 0 Å². The highest BCUT2D eigenvalue weighted by Gasteiger charge is 2.15. The number of hydrogen-bond donors (Lipinski definition) is 1. The van der Waals surface area contributed by atoms with Crippen LogP contribution in [-0.2, 0) is 9.53 Å². The molecule has 2 rings (SSSR count). The van der Waals surface area contributed by atoms with Gasteiger partial charge in [0.25, 0.3) is 5.91 Å². The molecule has 0 aliphatic rings. The topological polar surface area (TPSA) is 55.4 Å². The lowest BCUT2D eigenvalue weighted by Crippen LogP contribution is -2.21. The van der Waals surface area contributed by atoms with Gasteiger partial charge in [-0.1, -0.05) is 15.9 Å². The molecule has 4 nitrogen and oxygen atoms in total. The molecule has 1 N–H and O–H groups in total. The van der Waals surface area contributed by atoms with Crippen LogP contribution in [0.1, 0.15) is 10.4 Å². The number of amides is 1. The van der Waals surface area contributed by atoms with Crippen LogP contribution in [0.4, 0.5) is 18.9 Å². The molecule has 8 heteroatoms. The first kappa shape index (κ1) is 17.0. The van der Waals surface area contributed by atoms with Gasteiger partial charge < -0.3 is 10.1 Å². The SMILES string of the molecule is O=C(COC(=O)c1cc(Br)ccc1F)Nc1ccc(F)c(F)c1. The van der Waals surface area contributed by atoms with Gasteiger partial charge in [0.05, 0.1) is 5.56 Å². The maximum atomic E-state index is 13.5. The number of nitrogens with one attached hydrogen (secondary N) is 1. The lowest BCUT2D eigenvalue weighted by atomic mass is 10.2. The van der Waals surface area contributed by atoms with Crippen molar-refractivity contribution in [2.45, 2.75) is 0 Å². The second-order valence-electron chi connectivity index (χ2n) is 4.38. The van der Waals surface area contributed by atoms with Crippen LogP contribution >= 0.6 is 15.9 Å². The molecule has 0 unspecified atom stereocenters. The minimum Gasteiger partial charge on any atom is -0.452 e. The van der Waals surface area contributed by atoms with Crippen molar-refractivity contribution in [3.63, 3.8) is 0 Å². The molecule has 1 amide bonds. The van der Waals surface area contributed by atoms with E-state index in [9.17, 15) is 22.8 Å². The van der Waals surface area contributed by atoms with Gasteiger partial charge in [0.2, 0.25) is 0 Å². The quantitative estimate of drug-likeness (QED) is 0.814. The molecule has 2 aromatic rings. The number of ether oxygens (including phenoxy) is 1. The summed E-state index contributed by atoms with van der Waals surface area (Å²) < 4.78 is 44.4. The number of halogens is 4. The van der Waals surface area contributed by atoms with E-state index in [2.05, 4.69) is 26.0 Å². The Kier molecular flexibility index (Phi) is 5.38. The second-order valence-corrected chi connectivity index (χ2v) is 5.29. The van der Waals surface area contributed by atoms with Gasteiger partial charge in [-0.05, 0) is 30.3 Å². The van der Waals surface area contributed by atoms with Gasteiger partial charge in [0, 0.05) is 16.2 Å². The predicted molar refractivity (Wildman–Crippen MR) is 79.4 cm³/mol. The molecule has 0 aliphatic carbocycles. The summed E-state index contributed by atoms with van der Waals surface area (Å²) in [6, 6.07) is 6.46. The Morgan fingerprint density at radius 1 is 1.00 bits per heavy atom. The van der Waals surface area contributed by atoms with E-state index < -0.39 is 35.9 Å². The highest BCUT2D eigenvalue weighted by molar-refractivity contribution is 9.10. The van der Waals surface area contributed by atoms with Crippen molar-refractivity contribution in [1.82, 2.24) is 0 Å². The Labute approximate surface area is 137 Å². The average molecular weight is 388 g/mol. The summed E-state index contributed by atoms with van der Waals surface area (Å²) >= 11 is 3.08. The normalized spacial score (nSPS) is 10.3. The summed E-state index contributed by atoms with van der Waals surface area (Å²) in [5, 5.41) is 2.22. The maximum absolute atomic E-state index is 13.5. The van der Waals surface area contributed by atoms with Crippen molar-refractivity contribution >= 4 is 33.5 Å². The van der Waals surface area contributed by atoms with Crippen molar-refractivity contribution in [1.29, 1.82) is 0 Å². The van der Waals surface area contributed by atoms with E-state index in [1.165, 1.54) is 12.1 Å². The first-order valence-corrected chi connectivity index (χ1v) is 7.03. The van der Waals surface area contributed by atoms with Crippen LogP contribution in [0.25, 0.3) is 0 Å². The number of rotatable bonds is 4. The largest absolute Gasteiger partial charge is 0.452 e. The van der Waals surface area contributed by atoms with Crippen LogP contribution in [0.2, 0.25) is 0 Å². The van der Waals surface area contributed by atoms with Gasteiger partial charge in [-0.25, -0.2) is 18.0 Å². The summed E-state index contributed by atoms with van der Waals surface area (Å²) in [7, 11) is 0. The van der Waals surface area contributed by atoms with Crippen LogP contribution in [0.15, 0.2) is 40.9 Å². The number of carbonyl (C=O) groups excluding carboxylic acids is 2. The van der Waals surface area contributed by atoms with Gasteiger partial charge in [-0.3, -0.25) is 4.79 Å². The van der Waals surface area contributed by atoms with Crippen LogP contribution in [-0.4, -0.2) is 18.5 Å². The Balaban J connectivity index is 1.94. The van der Waals surface area contributed by atoms with E-state index in [1.807, 2.05) is 0 Å². The molecule has 0 radical (unpaired) electrons.